The Labute approximate surface area is 158 Å². The van der Waals surface area contributed by atoms with E-state index in [0.29, 0.717) is 28.7 Å². The summed E-state index contributed by atoms with van der Waals surface area (Å²) in [6.07, 6.45) is 1.13. The number of carbonyl (C=O) groups is 1. The van der Waals surface area contributed by atoms with E-state index >= 15 is 0 Å². The van der Waals surface area contributed by atoms with Crippen molar-refractivity contribution >= 4 is 17.5 Å². The Morgan fingerprint density at radius 2 is 2.04 bits per heavy atom. The molecule has 3 rings (SSSR count). The molecule has 2 aromatic rings. The van der Waals surface area contributed by atoms with Crippen LogP contribution in [0.2, 0.25) is 5.02 Å². The second-order valence-electron chi connectivity index (χ2n) is 6.85. The van der Waals surface area contributed by atoms with Crippen LogP contribution in [0.5, 0.6) is 0 Å². The summed E-state index contributed by atoms with van der Waals surface area (Å²) >= 11 is 6.15. The van der Waals surface area contributed by atoms with Crippen molar-refractivity contribution in [2.45, 2.75) is 26.2 Å². The van der Waals surface area contributed by atoms with Crippen LogP contribution in [0.3, 0.4) is 0 Å². The van der Waals surface area contributed by atoms with Crippen molar-refractivity contribution < 1.29 is 4.79 Å². The van der Waals surface area contributed by atoms with E-state index in [1.54, 1.807) is 13.8 Å². The zero-order valence-electron chi connectivity index (χ0n) is 15.1. The molecule has 26 heavy (non-hydrogen) atoms. The van der Waals surface area contributed by atoms with Crippen LogP contribution in [-0.4, -0.2) is 42.0 Å². The van der Waals surface area contributed by atoms with Gasteiger partial charge in [0.1, 0.15) is 5.56 Å². The summed E-state index contributed by atoms with van der Waals surface area (Å²) in [7, 11) is 0. The summed E-state index contributed by atoms with van der Waals surface area (Å²) in [5.41, 5.74) is 2.18. The Balaban J connectivity index is 1.54. The van der Waals surface area contributed by atoms with Crippen LogP contribution in [0, 0.1) is 13.8 Å². The molecule has 0 spiro atoms. The van der Waals surface area contributed by atoms with Crippen LogP contribution in [0.15, 0.2) is 35.1 Å². The first kappa shape index (κ1) is 18.7. The highest BCUT2D eigenvalue weighted by Crippen LogP contribution is 2.26. The summed E-state index contributed by atoms with van der Waals surface area (Å²) in [4.78, 5) is 29.5. The fourth-order valence-electron chi connectivity index (χ4n) is 3.57. The predicted octanol–water partition coefficient (Wildman–Crippen LogP) is 2.86. The van der Waals surface area contributed by atoms with E-state index in [1.165, 1.54) is 5.56 Å². The van der Waals surface area contributed by atoms with Gasteiger partial charge in [0.25, 0.3) is 11.5 Å². The third kappa shape index (κ3) is 4.00. The first-order valence-electron chi connectivity index (χ1n) is 8.92. The summed E-state index contributed by atoms with van der Waals surface area (Å²) in [5, 5.41) is 3.28. The molecule has 0 saturated carbocycles. The van der Waals surface area contributed by atoms with E-state index in [9.17, 15) is 9.59 Å². The number of hydrogen-bond donors (Lipinski definition) is 2. The molecule has 1 aromatic carbocycles. The van der Waals surface area contributed by atoms with E-state index in [1.807, 2.05) is 6.07 Å². The molecule has 1 saturated heterocycles. The van der Waals surface area contributed by atoms with Gasteiger partial charge in [-0.3, -0.25) is 9.59 Å². The molecular weight excluding hydrogens is 350 g/mol. The van der Waals surface area contributed by atoms with Gasteiger partial charge in [0.05, 0.1) is 5.02 Å². The molecule has 5 nitrogen and oxygen atoms in total. The van der Waals surface area contributed by atoms with Crippen molar-refractivity contribution in [2.24, 2.45) is 0 Å². The minimum absolute atomic E-state index is 0.101. The number of amides is 1. The van der Waals surface area contributed by atoms with Gasteiger partial charge in [-0.2, -0.15) is 0 Å². The topological polar surface area (TPSA) is 65.2 Å². The molecule has 6 heteroatoms. The normalized spacial score (nSPS) is 17.4. The number of pyridine rings is 1. The van der Waals surface area contributed by atoms with Crippen LogP contribution in [-0.2, 0) is 0 Å². The lowest BCUT2D eigenvalue weighted by Gasteiger charge is -2.17. The number of hydrogen-bond acceptors (Lipinski definition) is 3. The molecule has 0 aliphatic carbocycles. The number of benzene rings is 1. The van der Waals surface area contributed by atoms with E-state index in [4.69, 9.17) is 11.6 Å². The summed E-state index contributed by atoms with van der Waals surface area (Å²) in [6, 6.07) is 10.5. The zero-order chi connectivity index (χ0) is 18.7. The van der Waals surface area contributed by atoms with Crippen molar-refractivity contribution in [3.05, 3.63) is 68.1 Å². The van der Waals surface area contributed by atoms with Crippen LogP contribution in [0.25, 0.3) is 0 Å². The van der Waals surface area contributed by atoms with Gasteiger partial charge in [0, 0.05) is 25.3 Å². The number of aromatic nitrogens is 1. The Kier molecular flexibility index (Phi) is 5.79. The fourth-order valence-corrected chi connectivity index (χ4v) is 3.71. The number of carbonyl (C=O) groups excluding carboxylic acids is 1. The number of rotatable bonds is 5. The van der Waals surface area contributed by atoms with Gasteiger partial charge in [-0.15, -0.1) is 0 Å². The number of aromatic amines is 1. The van der Waals surface area contributed by atoms with Gasteiger partial charge in [-0.1, -0.05) is 41.9 Å². The van der Waals surface area contributed by atoms with E-state index < -0.39 is 5.56 Å². The highest BCUT2D eigenvalue weighted by atomic mass is 35.5. The number of likely N-dealkylation sites (tertiary alicyclic amines) is 1. The van der Waals surface area contributed by atoms with Crippen molar-refractivity contribution in [3.63, 3.8) is 0 Å². The molecule has 2 N–H and O–H groups in total. The Morgan fingerprint density at radius 3 is 2.77 bits per heavy atom. The highest BCUT2D eigenvalue weighted by molar-refractivity contribution is 6.32. The largest absolute Gasteiger partial charge is 0.351 e. The third-order valence-corrected chi connectivity index (χ3v) is 5.61. The highest BCUT2D eigenvalue weighted by Gasteiger charge is 2.23. The summed E-state index contributed by atoms with van der Waals surface area (Å²) < 4.78 is 0. The SMILES string of the molecule is Cc1[nH]c(=O)c(C(=O)NCCN2CC[C@H](c3ccccc3)C2)c(C)c1Cl. The lowest BCUT2D eigenvalue weighted by atomic mass is 9.99. The minimum Gasteiger partial charge on any atom is -0.351 e. The van der Waals surface area contributed by atoms with Crippen molar-refractivity contribution in [2.75, 3.05) is 26.2 Å². The van der Waals surface area contributed by atoms with Crippen LogP contribution < -0.4 is 10.9 Å². The summed E-state index contributed by atoms with van der Waals surface area (Å²) in [6.45, 7) is 6.71. The van der Waals surface area contributed by atoms with Crippen LogP contribution in [0.4, 0.5) is 0 Å². The number of nitrogens with zero attached hydrogens (tertiary/aromatic N) is 1. The fraction of sp³-hybridized carbons (Fsp3) is 0.400. The van der Waals surface area contributed by atoms with Gasteiger partial charge in [-0.05, 0) is 43.9 Å². The van der Waals surface area contributed by atoms with Crippen molar-refractivity contribution in [1.82, 2.24) is 15.2 Å². The van der Waals surface area contributed by atoms with Gasteiger partial charge in [0.2, 0.25) is 0 Å². The predicted molar refractivity (Wildman–Crippen MR) is 104 cm³/mol. The first-order chi connectivity index (χ1) is 12.5. The number of nitrogens with one attached hydrogen (secondary N) is 2. The van der Waals surface area contributed by atoms with Gasteiger partial charge >= 0.3 is 0 Å². The number of halogens is 1. The van der Waals surface area contributed by atoms with Crippen molar-refractivity contribution in [3.8, 4) is 0 Å². The van der Waals surface area contributed by atoms with Crippen molar-refractivity contribution in [1.29, 1.82) is 0 Å². The van der Waals surface area contributed by atoms with E-state index in [-0.39, 0.29) is 11.5 Å². The van der Waals surface area contributed by atoms with Crippen LogP contribution in [0.1, 0.15) is 39.5 Å². The smallest absolute Gasteiger partial charge is 0.261 e. The minimum atomic E-state index is -0.396. The second-order valence-corrected chi connectivity index (χ2v) is 7.22. The maximum absolute atomic E-state index is 12.4. The van der Waals surface area contributed by atoms with E-state index in [2.05, 4.69) is 39.5 Å². The molecular formula is C20H24ClN3O2. The Bertz CT molecular complexity index is 848. The van der Waals surface area contributed by atoms with Gasteiger partial charge < -0.3 is 15.2 Å². The number of aryl methyl sites for hydroxylation is 1. The molecule has 1 fully saturated rings. The van der Waals surface area contributed by atoms with Gasteiger partial charge in [-0.25, -0.2) is 0 Å². The van der Waals surface area contributed by atoms with Gasteiger partial charge in [0.15, 0.2) is 0 Å². The Hall–Kier alpha value is -2.11. The molecule has 1 aliphatic rings. The number of H-pyrrole nitrogens is 1. The molecule has 1 amide bonds. The zero-order valence-corrected chi connectivity index (χ0v) is 15.9. The molecule has 0 unspecified atom stereocenters. The second kappa shape index (κ2) is 8.06. The molecule has 0 radical (unpaired) electrons. The summed E-state index contributed by atoms with van der Waals surface area (Å²) in [5.74, 6) is 0.178. The maximum atomic E-state index is 12.4. The maximum Gasteiger partial charge on any atom is 0.261 e. The van der Waals surface area contributed by atoms with E-state index in [0.717, 1.165) is 26.1 Å². The molecule has 138 valence electrons. The molecule has 1 aliphatic heterocycles. The molecule has 2 heterocycles. The average molecular weight is 374 g/mol. The lowest BCUT2D eigenvalue weighted by Crippen LogP contribution is -2.36. The molecule has 1 atom stereocenters. The van der Waals surface area contributed by atoms with Crippen LogP contribution >= 0.6 is 11.6 Å². The molecule has 1 aromatic heterocycles. The quantitative estimate of drug-likeness (QED) is 0.847. The third-order valence-electron chi connectivity index (χ3n) is 5.05. The standard InChI is InChI=1S/C20H24ClN3O2/c1-13-17(20(26)23-14(2)18(13)21)19(25)22-9-11-24-10-8-16(12-24)15-6-4-3-5-7-15/h3-7,16H,8-12H2,1-2H3,(H,22,25)(H,23,26)/t16-/m0/s1. The first-order valence-corrected chi connectivity index (χ1v) is 9.29. The Morgan fingerprint density at radius 1 is 1.31 bits per heavy atom. The molecule has 0 bridgehead atoms. The average Bonchev–Trinajstić information content (AvgIpc) is 3.09. The lowest BCUT2D eigenvalue weighted by molar-refractivity contribution is 0.0947. The monoisotopic (exact) mass is 373 g/mol.